The smallest absolute Gasteiger partial charge is 0.325 e. The molecule has 1 aromatic carbocycles. The Labute approximate surface area is 106 Å². The van der Waals surface area contributed by atoms with E-state index in [2.05, 4.69) is 10.6 Å². The van der Waals surface area contributed by atoms with Gasteiger partial charge in [-0.05, 0) is 18.1 Å². The Hall–Kier alpha value is -1.88. The van der Waals surface area contributed by atoms with E-state index in [1.54, 1.807) is 6.07 Å². The lowest BCUT2D eigenvalue weighted by Gasteiger charge is -2.17. The van der Waals surface area contributed by atoms with Crippen LogP contribution in [-0.4, -0.2) is 30.1 Å². The summed E-state index contributed by atoms with van der Waals surface area (Å²) in [7, 11) is 0. The molecule has 5 nitrogen and oxygen atoms in total. The number of carbonyl (C=O) groups is 2. The van der Waals surface area contributed by atoms with Gasteiger partial charge in [0.05, 0.1) is 0 Å². The van der Waals surface area contributed by atoms with E-state index in [1.807, 2.05) is 25.1 Å². The molecule has 98 valence electrons. The standard InChI is InChI=1S/C13H18N2O3/c1-9-5-3-4-6-11(9)12(13(17)18)15-8-7-14-10(2)16/h3-6,12,15H,7-8H2,1-2H3,(H,14,16)(H,17,18). The average molecular weight is 250 g/mol. The zero-order valence-electron chi connectivity index (χ0n) is 10.6. The summed E-state index contributed by atoms with van der Waals surface area (Å²) in [6, 6.07) is 6.60. The Balaban J connectivity index is 2.64. The zero-order valence-corrected chi connectivity index (χ0v) is 10.6. The van der Waals surface area contributed by atoms with Crippen molar-refractivity contribution in [3.8, 4) is 0 Å². The lowest BCUT2D eigenvalue weighted by molar-refractivity contribution is -0.139. The number of hydrogen-bond acceptors (Lipinski definition) is 3. The van der Waals surface area contributed by atoms with Crippen molar-refractivity contribution < 1.29 is 14.7 Å². The monoisotopic (exact) mass is 250 g/mol. The average Bonchev–Trinajstić information content (AvgIpc) is 2.30. The number of carboxylic acid groups (broad SMARTS) is 1. The number of carboxylic acids is 1. The maximum atomic E-state index is 11.2. The third-order valence-electron chi connectivity index (χ3n) is 2.59. The molecule has 0 aliphatic rings. The number of aryl methyl sites for hydroxylation is 1. The summed E-state index contributed by atoms with van der Waals surface area (Å²) < 4.78 is 0. The predicted molar refractivity (Wildman–Crippen MR) is 68.2 cm³/mol. The third kappa shape index (κ3) is 4.18. The molecule has 3 N–H and O–H groups in total. The molecule has 0 bridgehead atoms. The largest absolute Gasteiger partial charge is 0.480 e. The van der Waals surface area contributed by atoms with Crippen LogP contribution in [0.25, 0.3) is 0 Å². The van der Waals surface area contributed by atoms with Gasteiger partial charge in [0.2, 0.25) is 5.91 Å². The molecule has 0 aliphatic heterocycles. The van der Waals surface area contributed by atoms with Crippen molar-refractivity contribution in [2.45, 2.75) is 19.9 Å². The van der Waals surface area contributed by atoms with Crippen LogP contribution in [0.5, 0.6) is 0 Å². The van der Waals surface area contributed by atoms with Gasteiger partial charge in [0, 0.05) is 20.0 Å². The first kappa shape index (κ1) is 14.2. The molecule has 0 radical (unpaired) electrons. The second-order valence-electron chi connectivity index (χ2n) is 4.06. The number of rotatable bonds is 6. The molecule has 1 amide bonds. The Bertz CT molecular complexity index is 432. The SMILES string of the molecule is CC(=O)NCCNC(C(=O)O)c1ccccc1C. The Morgan fingerprint density at radius 1 is 1.28 bits per heavy atom. The highest BCUT2D eigenvalue weighted by molar-refractivity contribution is 5.76. The van der Waals surface area contributed by atoms with Gasteiger partial charge in [0.25, 0.3) is 0 Å². The van der Waals surface area contributed by atoms with Crippen LogP contribution in [0, 0.1) is 6.92 Å². The van der Waals surface area contributed by atoms with E-state index in [-0.39, 0.29) is 5.91 Å². The molecule has 0 fully saturated rings. The fourth-order valence-corrected chi connectivity index (χ4v) is 1.70. The molecule has 1 unspecified atom stereocenters. The number of carbonyl (C=O) groups excluding carboxylic acids is 1. The molecular formula is C13H18N2O3. The molecule has 1 aromatic rings. The molecule has 0 heterocycles. The third-order valence-corrected chi connectivity index (χ3v) is 2.59. The molecule has 0 saturated heterocycles. The lowest BCUT2D eigenvalue weighted by atomic mass is 10.0. The summed E-state index contributed by atoms with van der Waals surface area (Å²) in [5.74, 6) is -1.05. The predicted octanol–water partition coefficient (Wildman–Crippen LogP) is 0.846. The van der Waals surface area contributed by atoms with E-state index in [4.69, 9.17) is 0 Å². The van der Waals surface area contributed by atoms with Crippen molar-refractivity contribution in [1.82, 2.24) is 10.6 Å². The van der Waals surface area contributed by atoms with Gasteiger partial charge in [-0.25, -0.2) is 0 Å². The summed E-state index contributed by atoms with van der Waals surface area (Å²) in [5.41, 5.74) is 1.67. The van der Waals surface area contributed by atoms with Crippen LogP contribution in [0.3, 0.4) is 0 Å². The lowest BCUT2D eigenvalue weighted by Crippen LogP contribution is -2.35. The quantitative estimate of drug-likeness (QED) is 0.654. The van der Waals surface area contributed by atoms with E-state index in [0.717, 1.165) is 11.1 Å². The number of nitrogens with one attached hydrogen (secondary N) is 2. The first-order valence-electron chi connectivity index (χ1n) is 5.78. The van der Waals surface area contributed by atoms with E-state index in [1.165, 1.54) is 6.92 Å². The maximum Gasteiger partial charge on any atom is 0.325 e. The van der Waals surface area contributed by atoms with Gasteiger partial charge in [0.1, 0.15) is 6.04 Å². The van der Waals surface area contributed by atoms with E-state index < -0.39 is 12.0 Å². The number of hydrogen-bond donors (Lipinski definition) is 3. The van der Waals surface area contributed by atoms with Crippen LogP contribution in [-0.2, 0) is 9.59 Å². The maximum absolute atomic E-state index is 11.2. The Kier molecular flexibility index (Phi) is 5.32. The van der Waals surface area contributed by atoms with Crippen LogP contribution >= 0.6 is 0 Å². The van der Waals surface area contributed by atoms with Crippen LogP contribution in [0.4, 0.5) is 0 Å². The van der Waals surface area contributed by atoms with Gasteiger partial charge in [-0.1, -0.05) is 24.3 Å². The van der Waals surface area contributed by atoms with Crippen LogP contribution in [0.15, 0.2) is 24.3 Å². The van der Waals surface area contributed by atoms with Gasteiger partial charge in [-0.3, -0.25) is 14.9 Å². The number of aliphatic carboxylic acids is 1. The highest BCUT2D eigenvalue weighted by atomic mass is 16.4. The zero-order chi connectivity index (χ0) is 13.5. The van der Waals surface area contributed by atoms with E-state index >= 15 is 0 Å². The van der Waals surface area contributed by atoms with Crippen molar-refractivity contribution >= 4 is 11.9 Å². The fourth-order valence-electron chi connectivity index (χ4n) is 1.70. The first-order valence-corrected chi connectivity index (χ1v) is 5.78. The van der Waals surface area contributed by atoms with Gasteiger partial charge in [0.15, 0.2) is 0 Å². The molecule has 1 atom stereocenters. The molecule has 5 heteroatoms. The molecule has 1 rings (SSSR count). The minimum Gasteiger partial charge on any atom is -0.480 e. The number of amides is 1. The minimum absolute atomic E-state index is 0.125. The van der Waals surface area contributed by atoms with E-state index in [0.29, 0.717) is 13.1 Å². The van der Waals surface area contributed by atoms with Crippen molar-refractivity contribution in [3.05, 3.63) is 35.4 Å². The summed E-state index contributed by atoms with van der Waals surface area (Å²) in [4.78, 5) is 21.9. The van der Waals surface area contributed by atoms with Crippen molar-refractivity contribution in [3.63, 3.8) is 0 Å². The van der Waals surface area contributed by atoms with Gasteiger partial charge >= 0.3 is 5.97 Å². The van der Waals surface area contributed by atoms with Crippen molar-refractivity contribution in [1.29, 1.82) is 0 Å². The molecule has 0 saturated carbocycles. The summed E-state index contributed by atoms with van der Waals surface area (Å²) >= 11 is 0. The summed E-state index contributed by atoms with van der Waals surface area (Å²) in [5, 5.41) is 14.7. The van der Waals surface area contributed by atoms with E-state index in [9.17, 15) is 14.7 Å². The highest BCUT2D eigenvalue weighted by Crippen LogP contribution is 2.17. The molecule has 0 spiro atoms. The summed E-state index contributed by atoms with van der Waals surface area (Å²) in [6.07, 6.45) is 0. The highest BCUT2D eigenvalue weighted by Gasteiger charge is 2.20. The number of benzene rings is 1. The van der Waals surface area contributed by atoms with Crippen LogP contribution in [0.2, 0.25) is 0 Å². The van der Waals surface area contributed by atoms with Gasteiger partial charge in [-0.15, -0.1) is 0 Å². The second-order valence-corrected chi connectivity index (χ2v) is 4.06. The van der Waals surface area contributed by atoms with Gasteiger partial charge < -0.3 is 10.4 Å². The van der Waals surface area contributed by atoms with Crippen molar-refractivity contribution in [2.75, 3.05) is 13.1 Å². The van der Waals surface area contributed by atoms with Gasteiger partial charge in [-0.2, -0.15) is 0 Å². The molecule has 18 heavy (non-hydrogen) atoms. The second kappa shape index (κ2) is 6.76. The fraction of sp³-hybridized carbons (Fsp3) is 0.385. The first-order chi connectivity index (χ1) is 8.52. The van der Waals surface area contributed by atoms with Crippen LogP contribution in [0.1, 0.15) is 24.1 Å². The Morgan fingerprint density at radius 2 is 1.94 bits per heavy atom. The topological polar surface area (TPSA) is 78.4 Å². The van der Waals surface area contributed by atoms with Crippen LogP contribution < -0.4 is 10.6 Å². The molecule has 0 aromatic heterocycles. The normalized spacial score (nSPS) is 11.9. The van der Waals surface area contributed by atoms with Crippen molar-refractivity contribution in [2.24, 2.45) is 0 Å². The summed E-state index contributed by atoms with van der Waals surface area (Å²) in [6.45, 7) is 4.12. The molecular weight excluding hydrogens is 232 g/mol. The minimum atomic E-state index is -0.924. The molecule has 0 aliphatic carbocycles. The Morgan fingerprint density at radius 3 is 2.50 bits per heavy atom.